The molecular formula is C9H7ClF4O2. The number of benzene rings is 1. The van der Waals surface area contributed by atoms with Crippen LogP contribution in [0.4, 0.5) is 17.6 Å². The molecule has 1 rings (SSSR count). The first kappa shape index (κ1) is 13.1. The van der Waals surface area contributed by atoms with Crippen LogP contribution in [0.5, 0.6) is 5.75 Å². The molecule has 0 bridgehead atoms. The summed E-state index contributed by atoms with van der Waals surface area (Å²) in [6, 6.07) is 1.82. The zero-order valence-corrected chi connectivity index (χ0v) is 8.73. The Kier molecular flexibility index (Phi) is 3.64. The summed E-state index contributed by atoms with van der Waals surface area (Å²) in [6.07, 6.45) is -7.82. The zero-order valence-electron chi connectivity index (χ0n) is 7.98. The second-order valence-corrected chi connectivity index (χ2v) is 3.30. The largest absolute Gasteiger partial charge is 0.496 e. The molecule has 0 amide bonds. The van der Waals surface area contributed by atoms with E-state index in [1.165, 1.54) is 0 Å². The average Bonchev–Trinajstić information content (AvgIpc) is 2.19. The quantitative estimate of drug-likeness (QED) is 0.826. The fraction of sp³-hybridized carbons (Fsp3) is 0.333. The lowest BCUT2D eigenvalue weighted by atomic mass is 10.1. The molecule has 90 valence electrons. The monoisotopic (exact) mass is 258 g/mol. The molecule has 0 fully saturated rings. The number of hydrogen-bond acceptors (Lipinski definition) is 2. The van der Waals surface area contributed by atoms with Crippen LogP contribution >= 0.6 is 11.6 Å². The van der Waals surface area contributed by atoms with Crippen molar-refractivity contribution in [3.05, 3.63) is 28.5 Å². The Morgan fingerprint density at radius 1 is 1.38 bits per heavy atom. The number of rotatable bonds is 2. The molecule has 0 radical (unpaired) electrons. The number of hydrogen-bond donors (Lipinski definition) is 1. The molecule has 0 saturated carbocycles. The van der Waals surface area contributed by atoms with E-state index in [4.69, 9.17) is 16.7 Å². The van der Waals surface area contributed by atoms with Gasteiger partial charge in [-0.05, 0) is 12.1 Å². The van der Waals surface area contributed by atoms with Crippen LogP contribution in [0.2, 0.25) is 5.02 Å². The highest BCUT2D eigenvalue weighted by Crippen LogP contribution is 2.41. The van der Waals surface area contributed by atoms with Gasteiger partial charge in [0, 0.05) is 0 Å². The Bertz CT molecular complexity index is 392. The molecule has 0 aliphatic carbocycles. The summed E-state index contributed by atoms with van der Waals surface area (Å²) in [6.45, 7) is 0. The van der Waals surface area contributed by atoms with Crippen molar-refractivity contribution in [2.45, 2.75) is 12.3 Å². The van der Waals surface area contributed by atoms with E-state index in [1.54, 1.807) is 0 Å². The second-order valence-electron chi connectivity index (χ2n) is 2.92. The number of ether oxygens (including phenoxy) is 1. The molecule has 1 unspecified atom stereocenters. The van der Waals surface area contributed by atoms with Gasteiger partial charge in [-0.25, -0.2) is 4.39 Å². The Labute approximate surface area is 93.4 Å². The Morgan fingerprint density at radius 3 is 2.38 bits per heavy atom. The highest BCUT2D eigenvalue weighted by molar-refractivity contribution is 6.31. The average molecular weight is 259 g/mol. The predicted octanol–water partition coefficient (Wildman–Crippen LogP) is 3.08. The van der Waals surface area contributed by atoms with Crippen molar-refractivity contribution >= 4 is 11.6 Å². The van der Waals surface area contributed by atoms with Gasteiger partial charge >= 0.3 is 6.18 Å². The number of alkyl halides is 3. The minimum Gasteiger partial charge on any atom is -0.496 e. The summed E-state index contributed by atoms with van der Waals surface area (Å²) in [4.78, 5) is 0. The number of aliphatic hydroxyl groups is 1. The molecule has 0 saturated heterocycles. The summed E-state index contributed by atoms with van der Waals surface area (Å²) < 4.78 is 54.4. The van der Waals surface area contributed by atoms with Gasteiger partial charge in [0.15, 0.2) is 6.10 Å². The van der Waals surface area contributed by atoms with Gasteiger partial charge < -0.3 is 9.84 Å². The molecule has 2 nitrogen and oxygen atoms in total. The number of halogens is 5. The molecule has 0 aliphatic rings. The molecule has 1 aromatic rings. The Balaban J connectivity index is 3.35. The molecule has 1 aromatic carbocycles. The molecule has 1 atom stereocenters. The van der Waals surface area contributed by atoms with Gasteiger partial charge in [-0.15, -0.1) is 0 Å². The predicted molar refractivity (Wildman–Crippen MR) is 49.0 cm³/mol. The summed E-state index contributed by atoms with van der Waals surface area (Å²) in [5.74, 6) is -1.38. The fourth-order valence-electron chi connectivity index (χ4n) is 1.15. The first-order chi connectivity index (χ1) is 7.29. The van der Waals surface area contributed by atoms with Gasteiger partial charge in [-0.2, -0.15) is 13.2 Å². The maximum Gasteiger partial charge on any atom is 0.418 e. The number of methoxy groups -OCH3 is 1. The first-order valence-corrected chi connectivity index (χ1v) is 4.43. The SMILES string of the molecule is COc1ccc(F)c(Cl)c1C(O)C(F)(F)F. The molecule has 0 heterocycles. The van der Waals surface area contributed by atoms with E-state index >= 15 is 0 Å². The summed E-state index contributed by atoms with van der Waals surface area (Å²) in [5, 5.41) is 8.22. The third-order valence-corrected chi connectivity index (χ3v) is 2.28. The molecule has 16 heavy (non-hydrogen) atoms. The molecule has 1 N–H and O–H groups in total. The molecule has 0 aromatic heterocycles. The van der Waals surface area contributed by atoms with Gasteiger partial charge in [0.1, 0.15) is 11.6 Å². The molecule has 0 aliphatic heterocycles. The van der Waals surface area contributed by atoms with Gasteiger partial charge in [0.25, 0.3) is 0 Å². The lowest BCUT2D eigenvalue weighted by Crippen LogP contribution is -2.21. The standard InChI is InChI=1S/C9H7ClF4O2/c1-16-5-3-2-4(11)7(10)6(5)8(15)9(12,13)14/h2-3,8,15H,1H3. The van der Waals surface area contributed by atoms with Crippen LogP contribution in [0.15, 0.2) is 12.1 Å². The highest BCUT2D eigenvalue weighted by atomic mass is 35.5. The highest BCUT2D eigenvalue weighted by Gasteiger charge is 2.42. The zero-order chi connectivity index (χ0) is 12.5. The van der Waals surface area contributed by atoms with Crippen LogP contribution in [0.1, 0.15) is 11.7 Å². The van der Waals surface area contributed by atoms with Gasteiger partial charge in [-0.3, -0.25) is 0 Å². The van der Waals surface area contributed by atoms with Crippen molar-refractivity contribution in [2.24, 2.45) is 0 Å². The third-order valence-electron chi connectivity index (χ3n) is 1.90. The van der Waals surface area contributed by atoms with E-state index in [2.05, 4.69) is 4.74 Å². The van der Waals surface area contributed by atoms with E-state index in [0.29, 0.717) is 0 Å². The smallest absolute Gasteiger partial charge is 0.418 e. The van der Waals surface area contributed by atoms with E-state index < -0.39 is 28.7 Å². The van der Waals surface area contributed by atoms with Crippen molar-refractivity contribution in [3.8, 4) is 5.75 Å². The molecule has 7 heteroatoms. The number of aliphatic hydroxyl groups excluding tert-OH is 1. The van der Waals surface area contributed by atoms with Crippen molar-refractivity contribution in [3.63, 3.8) is 0 Å². The lowest BCUT2D eigenvalue weighted by molar-refractivity contribution is -0.207. The maximum absolute atomic E-state index is 13.0. The minimum absolute atomic E-state index is 0.323. The van der Waals surface area contributed by atoms with Gasteiger partial charge in [-0.1, -0.05) is 11.6 Å². The first-order valence-electron chi connectivity index (χ1n) is 4.05. The van der Waals surface area contributed by atoms with Crippen LogP contribution in [-0.2, 0) is 0 Å². The summed E-state index contributed by atoms with van der Waals surface area (Å²) >= 11 is 5.36. The van der Waals surface area contributed by atoms with Crippen LogP contribution in [0, 0.1) is 5.82 Å². The lowest BCUT2D eigenvalue weighted by Gasteiger charge is -2.18. The third kappa shape index (κ3) is 2.38. The second kappa shape index (κ2) is 4.47. The molecule has 0 spiro atoms. The van der Waals surface area contributed by atoms with E-state index in [9.17, 15) is 17.6 Å². The van der Waals surface area contributed by atoms with Crippen molar-refractivity contribution in [1.29, 1.82) is 0 Å². The maximum atomic E-state index is 13.0. The summed E-state index contributed by atoms with van der Waals surface area (Å²) in [5.41, 5.74) is -0.823. The van der Waals surface area contributed by atoms with Crippen LogP contribution in [0.25, 0.3) is 0 Å². The molecular weight excluding hydrogens is 252 g/mol. The van der Waals surface area contributed by atoms with Crippen LogP contribution in [0.3, 0.4) is 0 Å². The van der Waals surface area contributed by atoms with E-state index in [1.807, 2.05) is 0 Å². The Morgan fingerprint density at radius 2 is 1.94 bits per heavy atom. The normalized spacial score (nSPS) is 13.7. The van der Waals surface area contributed by atoms with E-state index in [0.717, 1.165) is 19.2 Å². The van der Waals surface area contributed by atoms with Crippen molar-refractivity contribution < 1.29 is 27.4 Å². The van der Waals surface area contributed by atoms with Crippen molar-refractivity contribution in [2.75, 3.05) is 7.11 Å². The minimum atomic E-state index is -4.94. The van der Waals surface area contributed by atoms with E-state index in [-0.39, 0.29) is 5.75 Å². The van der Waals surface area contributed by atoms with Crippen LogP contribution in [-0.4, -0.2) is 18.4 Å². The van der Waals surface area contributed by atoms with Crippen LogP contribution < -0.4 is 4.74 Å². The van der Waals surface area contributed by atoms with Crippen molar-refractivity contribution in [1.82, 2.24) is 0 Å². The van der Waals surface area contributed by atoms with Gasteiger partial charge in [0.2, 0.25) is 0 Å². The fourth-order valence-corrected chi connectivity index (χ4v) is 1.40. The summed E-state index contributed by atoms with van der Waals surface area (Å²) in [7, 11) is 1.09. The Hall–Kier alpha value is -1.01. The topological polar surface area (TPSA) is 29.5 Å². The van der Waals surface area contributed by atoms with Gasteiger partial charge in [0.05, 0.1) is 17.7 Å².